The van der Waals surface area contributed by atoms with Crippen LogP contribution in [0.25, 0.3) is 11.5 Å². The number of hydrogen-bond donors (Lipinski definition) is 1. The van der Waals surface area contributed by atoms with Crippen molar-refractivity contribution in [3.8, 4) is 11.5 Å². The van der Waals surface area contributed by atoms with Gasteiger partial charge < -0.3 is 15.0 Å². The number of carbonyl (C=O) groups excluding carboxylic acids is 2. The first-order chi connectivity index (χ1) is 14.9. The van der Waals surface area contributed by atoms with E-state index in [-0.39, 0.29) is 35.6 Å². The second-order valence-electron chi connectivity index (χ2n) is 9.03. The van der Waals surface area contributed by atoms with Gasteiger partial charge in [-0.15, -0.1) is 0 Å². The molecule has 2 amide bonds. The van der Waals surface area contributed by atoms with Crippen molar-refractivity contribution in [3.63, 3.8) is 0 Å². The molecule has 164 valence electrons. The molecule has 31 heavy (non-hydrogen) atoms. The summed E-state index contributed by atoms with van der Waals surface area (Å²) in [5, 5.41) is 3.17. The minimum Gasteiger partial charge on any atom is -0.383 e. The van der Waals surface area contributed by atoms with Crippen molar-refractivity contribution in [1.29, 1.82) is 0 Å². The van der Waals surface area contributed by atoms with Crippen LogP contribution in [0, 0.1) is 11.3 Å². The predicted molar refractivity (Wildman–Crippen MR) is 113 cm³/mol. The average molecular weight is 425 g/mol. The van der Waals surface area contributed by atoms with Crippen LogP contribution in [0.15, 0.2) is 24.8 Å². The fourth-order valence-corrected chi connectivity index (χ4v) is 4.37. The molecule has 2 unspecified atom stereocenters. The summed E-state index contributed by atoms with van der Waals surface area (Å²) in [5.74, 6) is 0.0841. The van der Waals surface area contributed by atoms with Crippen LogP contribution in [0.1, 0.15) is 44.0 Å². The van der Waals surface area contributed by atoms with Crippen molar-refractivity contribution < 1.29 is 14.3 Å². The molecule has 2 aromatic heterocycles. The van der Waals surface area contributed by atoms with Gasteiger partial charge in [0.15, 0.2) is 5.82 Å². The Kier molecular flexibility index (Phi) is 5.95. The highest BCUT2D eigenvalue weighted by Gasteiger charge is 2.38. The number of nitrogens with one attached hydrogen (secondary N) is 1. The van der Waals surface area contributed by atoms with Gasteiger partial charge in [-0.05, 0) is 18.3 Å². The maximum absolute atomic E-state index is 13.0. The fourth-order valence-electron chi connectivity index (χ4n) is 4.37. The molecule has 2 aromatic rings. The maximum atomic E-state index is 13.0. The van der Waals surface area contributed by atoms with E-state index in [2.05, 4.69) is 34.1 Å². The summed E-state index contributed by atoms with van der Waals surface area (Å²) in [6.45, 7) is 5.75. The summed E-state index contributed by atoms with van der Waals surface area (Å²) in [6, 6.07) is -0.190. The molecule has 0 spiro atoms. The lowest BCUT2D eigenvalue weighted by molar-refractivity contribution is -0.129. The topological polar surface area (TPSA) is 110 Å². The number of ether oxygens (including phenoxy) is 1. The Bertz CT molecular complexity index is 965. The molecule has 0 aromatic carbocycles. The van der Waals surface area contributed by atoms with E-state index in [4.69, 9.17) is 9.72 Å². The van der Waals surface area contributed by atoms with Crippen LogP contribution in [-0.2, 0) is 20.7 Å². The van der Waals surface area contributed by atoms with Crippen LogP contribution in [0.4, 0.5) is 0 Å². The van der Waals surface area contributed by atoms with Gasteiger partial charge in [-0.2, -0.15) is 0 Å². The minimum atomic E-state index is -0.349. The average Bonchev–Trinajstić information content (AvgIpc) is 3.12. The lowest BCUT2D eigenvalue weighted by atomic mass is 9.74. The van der Waals surface area contributed by atoms with Gasteiger partial charge in [0, 0.05) is 50.8 Å². The third kappa shape index (κ3) is 4.71. The number of hydrogen-bond acceptors (Lipinski definition) is 7. The molecule has 9 heteroatoms. The van der Waals surface area contributed by atoms with Gasteiger partial charge in [-0.25, -0.2) is 15.0 Å². The minimum absolute atomic E-state index is 0.00137. The van der Waals surface area contributed by atoms with Gasteiger partial charge >= 0.3 is 0 Å². The Balaban J connectivity index is 1.52. The van der Waals surface area contributed by atoms with Gasteiger partial charge in [0.2, 0.25) is 11.8 Å². The molecule has 0 radical (unpaired) electrons. The van der Waals surface area contributed by atoms with E-state index in [9.17, 15) is 9.59 Å². The van der Waals surface area contributed by atoms with E-state index in [1.165, 1.54) is 0 Å². The number of rotatable bonds is 6. The number of likely N-dealkylation sites (tertiary alicyclic amines) is 1. The van der Waals surface area contributed by atoms with Gasteiger partial charge in [0.1, 0.15) is 5.69 Å². The molecule has 4 rings (SSSR count). The molecular weight excluding hydrogens is 396 g/mol. The number of aromatic nitrogens is 4. The van der Waals surface area contributed by atoms with Gasteiger partial charge in [0.25, 0.3) is 0 Å². The van der Waals surface area contributed by atoms with Crippen molar-refractivity contribution in [2.45, 2.75) is 39.2 Å². The Morgan fingerprint density at radius 2 is 2.13 bits per heavy atom. The Labute approximate surface area is 181 Å². The highest BCUT2D eigenvalue weighted by molar-refractivity contribution is 5.89. The number of methoxy groups -OCH3 is 1. The first-order valence-electron chi connectivity index (χ1n) is 10.6. The number of carbonyl (C=O) groups is 2. The zero-order valence-corrected chi connectivity index (χ0v) is 18.2. The van der Waals surface area contributed by atoms with Crippen molar-refractivity contribution in [1.82, 2.24) is 30.2 Å². The van der Waals surface area contributed by atoms with Crippen LogP contribution in [-0.4, -0.2) is 63.5 Å². The lowest BCUT2D eigenvalue weighted by Gasteiger charge is -2.36. The highest BCUT2D eigenvalue weighted by atomic mass is 16.5. The van der Waals surface area contributed by atoms with E-state index < -0.39 is 0 Å². The zero-order chi connectivity index (χ0) is 22.0. The zero-order valence-electron chi connectivity index (χ0n) is 18.2. The second kappa shape index (κ2) is 8.66. The lowest BCUT2D eigenvalue weighted by Crippen LogP contribution is -2.40. The SMILES string of the molecule is COCCN1CC(C(=O)NC2CC(C)(C)Cc3nc(-c4cnccn4)ncc32)CC1=O. The summed E-state index contributed by atoms with van der Waals surface area (Å²) in [5.41, 5.74) is 2.44. The summed E-state index contributed by atoms with van der Waals surface area (Å²) in [7, 11) is 1.60. The van der Waals surface area contributed by atoms with Crippen LogP contribution in [0.5, 0.6) is 0 Å². The summed E-state index contributed by atoms with van der Waals surface area (Å²) < 4.78 is 5.06. The molecule has 9 nitrogen and oxygen atoms in total. The standard InChI is InChI=1S/C22H28N6O3/c1-22(2)9-16-15(11-25-20(26-16)18-12-23-4-5-24-18)17(10-22)27-21(30)14-8-19(29)28(13-14)6-7-31-3/h4-5,11-12,14,17H,6-10,13H2,1-3H3,(H,27,30). The molecule has 0 saturated carbocycles. The number of nitrogens with zero attached hydrogens (tertiary/aromatic N) is 5. The van der Waals surface area contributed by atoms with Crippen molar-refractivity contribution >= 4 is 11.8 Å². The third-order valence-corrected chi connectivity index (χ3v) is 5.94. The smallest absolute Gasteiger partial charge is 0.225 e. The number of amides is 2. The predicted octanol–water partition coefficient (Wildman–Crippen LogP) is 1.56. The van der Waals surface area contributed by atoms with Crippen LogP contribution < -0.4 is 5.32 Å². The van der Waals surface area contributed by atoms with E-state index in [0.29, 0.717) is 31.2 Å². The van der Waals surface area contributed by atoms with Gasteiger partial charge in [-0.3, -0.25) is 14.6 Å². The Morgan fingerprint density at radius 3 is 2.87 bits per heavy atom. The summed E-state index contributed by atoms with van der Waals surface area (Å²) in [4.78, 5) is 44.5. The number of fused-ring (bicyclic) bond motifs is 1. The first-order valence-corrected chi connectivity index (χ1v) is 10.6. The van der Waals surface area contributed by atoms with Crippen LogP contribution in [0.3, 0.4) is 0 Å². The van der Waals surface area contributed by atoms with Gasteiger partial charge in [-0.1, -0.05) is 13.8 Å². The fraction of sp³-hybridized carbons (Fsp3) is 0.545. The molecule has 0 bridgehead atoms. The third-order valence-electron chi connectivity index (χ3n) is 5.94. The molecule has 2 atom stereocenters. The Hall–Kier alpha value is -2.94. The van der Waals surface area contributed by atoms with E-state index >= 15 is 0 Å². The Morgan fingerprint density at radius 1 is 1.29 bits per heavy atom. The molecule has 1 saturated heterocycles. The quantitative estimate of drug-likeness (QED) is 0.749. The largest absolute Gasteiger partial charge is 0.383 e. The summed E-state index contributed by atoms with van der Waals surface area (Å²) >= 11 is 0. The first kappa shape index (κ1) is 21.3. The van der Waals surface area contributed by atoms with E-state index in [0.717, 1.165) is 24.1 Å². The monoisotopic (exact) mass is 424 g/mol. The van der Waals surface area contributed by atoms with Crippen molar-refractivity contribution in [2.24, 2.45) is 11.3 Å². The maximum Gasteiger partial charge on any atom is 0.225 e. The van der Waals surface area contributed by atoms with Gasteiger partial charge in [0.05, 0.1) is 30.5 Å². The molecule has 1 fully saturated rings. The summed E-state index contributed by atoms with van der Waals surface area (Å²) in [6.07, 6.45) is 8.47. The molecule has 1 N–H and O–H groups in total. The highest BCUT2D eigenvalue weighted by Crippen LogP contribution is 2.40. The van der Waals surface area contributed by atoms with Crippen molar-refractivity contribution in [2.75, 3.05) is 26.8 Å². The van der Waals surface area contributed by atoms with E-state index in [1.54, 1.807) is 36.8 Å². The molecule has 1 aliphatic heterocycles. The van der Waals surface area contributed by atoms with Crippen molar-refractivity contribution in [3.05, 3.63) is 36.0 Å². The molecular formula is C22H28N6O3. The molecule has 1 aliphatic carbocycles. The van der Waals surface area contributed by atoms with E-state index in [1.807, 2.05) is 0 Å². The molecule has 2 aliphatic rings. The van der Waals surface area contributed by atoms with Crippen LogP contribution >= 0.6 is 0 Å². The second-order valence-corrected chi connectivity index (χ2v) is 9.03. The normalized spacial score (nSPS) is 22.3. The van der Waals surface area contributed by atoms with Crippen LogP contribution in [0.2, 0.25) is 0 Å². The molecule has 3 heterocycles.